The molecule has 0 bridgehead atoms. The Morgan fingerprint density at radius 2 is 2.50 bits per heavy atom. The summed E-state index contributed by atoms with van der Waals surface area (Å²) >= 11 is 3.31. The van der Waals surface area contributed by atoms with Crippen LogP contribution in [-0.4, -0.2) is 11.9 Å². The third-order valence-electron chi connectivity index (χ3n) is 0.168. The zero-order valence-corrected chi connectivity index (χ0v) is 4.65. The Morgan fingerprint density at radius 3 is 2.50 bits per heavy atom. The van der Waals surface area contributed by atoms with Gasteiger partial charge in [0.25, 0.3) is 0 Å². The summed E-state index contributed by atoms with van der Waals surface area (Å²) in [6.45, 7) is -0.529. The number of hydrogen-bond donors (Lipinski definition) is 2. The minimum Gasteiger partial charge on any atom is -0.367 e. The van der Waals surface area contributed by atoms with Gasteiger partial charge in [-0.25, -0.2) is 0 Å². The first kappa shape index (κ1) is 6.37. The SMILES string of the molecule is O=[P+](S)OCO. The van der Waals surface area contributed by atoms with Crippen LogP contribution in [0.5, 0.6) is 0 Å². The molecule has 1 N–H and O–H groups in total. The fourth-order valence-electron chi connectivity index (χ4n) is 0.0494. The molecular formula is CH4O3PS+. The van der Waals surface area contributed by atoms with Gasteiger partial charge in [-0.15, -0.1) is 4.52 Å². The second-order valence-corrected chi connectivity index (χ2v) is 2.21. The topological polar surface area (TPSA) is 46.5 Å². The van der Waals surface area contributed by atoms with Crippen molar-refractivity contribution >= 4 is 19.5 Å². The van der Waals surface area contributed by atoms with E-state index in [9.17, 15) is 4.57 Å². The summed E-state index contributed by atoms with van der Waals surface area (Å²) in [6.07, 6.45) is 0. The van der Waals surface area contributed by atoms with E-state index in [0.717, 1.165) is 0 Å². The van der Waals surface area contributed by atoms with Crippen molar-refractivity contribution in [3.63, 3.8) is 0 Å². The molecule has 0 saturated carbocycles. The van der Waals surface area contributed by atoms with Crippen LogP contribution < -0.4 is 0 Å². The van der Waals surface area contributed by atoms with Crippen molar-refractivity contribution in [1.82, 2.24) is 0 Å². The summed E-state index contributed by atoms with van der Waals surface area (Å²) in [7, 11) is -1.91. The molecule has 0 amide bonds. The Morgan fingerprint density at radius 1 is 2.00 bits per heavy atom. The smallest absolute Gasteiger partial charge is 0.367 e. The van der Waals surface area contributed by atoms with Crippen molar-refractivity contribution in [2.75, 3.05) is 6.79 Å². The van der Waals surface area contributed by atoms with Crippen LogP contribution in [0.2, 0.25) is 0 Å². The quantitative estimate of drug-likeness (QED) is 0.323. The van der Waals surface area contributed by atoms with Crippen LogP contribution >= 0.6 is 19.5 Å². The number of thiol groups is 1. The first-order valence-electron chi connectivity index (χ1n) is 1.17. The van der Waals surface area contributed by atoms with Gasteiger partial charge < -0.3 is 5.11 Å². The van der Waals surface area contributed by atoms with Gasteiger partial charge in [0.15, 0.2) is 6.79 Å². The van der Waals surface area contributed by atoms with Crippen LogP contribution in [-0.2, 0) is 9.09 Å². The third kappa shape index (κ3) is 4.37. The van der Waals surface area contributed by atoms with Crippen LogP contribution in [0.1, 0.15) is 0 Å². The van der Waals surface area contributed by atoms with Gasteiger partial charge >= 0.3 is 7.23 Å². The lowest BCUT2D eigenvalue weighted by Gasteiger charge is -1.69. The average Bonchev–Trinajstić information content (AvgIpc) is 1.35. The molecule has 0 aromatic heterocycles. The number of rotatable bonds is 2. The highest BCUT2D eigenvalue weighted by Crippen LogP contribution is 2.25. The van der Waals surface area contributed by atoms with Crippen molar-refractivity contribution in [2.45, 2.75) is 0 Å². The molecule has 0 fully saturated rings. The predicted octanol–water partition coefficient (Wildman–Crippen LogP) is 0.540. The van der Waals surface area contributed by atoms with Gasteiger partial charge in [0.1, 0.15) is 12.2 Å². The Hall–Kier alpha value is 0.370. The molecule has 0 radical (unpaired) electrons. The molecular weight excluding hydrogens is 123 g/mol. The lowest BCUT2D eigenvalue weighted by molar-refractivity contribution is 0.110. The Labute approximate surface area is 41.3 Å². The number of hydrogen-bond acceptors (Lipinski definition) is 3. The van der Waals surface area contributed by atoms with Gasteiger partial charge in [-0.1, -0.05) is 0 Å². The Bertz CT molecular complexity index is 54.8. The standard InChI is InChI=1S/CH3O3PS/c2-1-4-5(3)6/h2H,1H2/p+1. The summed E-state index contributed by atoms with van der Waals surface area (Å²) < 4.78 is 13.6. The van der Waals surface area contributed by atoms with Crippen molar-refractivity contribution in [3.05, 3.63) is 0 Å². The number of aliphatic hydroxyl groups excluding tert-OH is 1. The van der Waals surface area contributed by atoms with Gasteiger partial charge in [-0.3, -0.25) is 0 Å². The summed E-state index contributed by atoms with van der Waals surface area (Å²) in [6, 6.07) is 0. The van der Waals surface area contributed by atoms with E-state index in [1.54, 1.807) is 0 Å². The van der Waals surface area contributed by atoms with Crippen LogP contribution in [0.15, 0.2) is 0 Å². The average molecular weight is 127 g/mol. The van der Waals surface area contributed by atoms with E-state index < -0.39 is 14.0 Å². The van der Waals surface area contributed by atoms with E-state index in [1.807, 2.05) is 0 Å². The highest BCUT2D eigenvalue weighted by atomic mass is 32.7. The molecule has 0 aliphatic carbocycles. The maximum Gasteiger partial charge on any atom is 0.584 e. The van der Waals surface area contributed by atoms with Crippen molar-refractivity contribution < 1.29 is 14.2 Å². The van der Waals surface area contributed by atoms with Crippen LogP contribution in [0.4, 0.5) is 0 Å². The van der Waals surface area contributed by atoms with E-state index >= 15 is 0 Å². The van der Waals surface area contributed by atoms with E-state index in [4.69, 9.17) is 5.11 Å². The third-order valence-corrected chi connectivity index (χ3v) is 0.851. The minimum atomic E-state index is -1.91. The van der Waals surface area contributed by atoms with Gasteiger partial charge in [0.05, 0.1) is 0 Å². The molecule has 0 aromatic carbocycles. The Kier molecular flexibility index (Phi) is 3.78. The molecule has 0 aliphatic heterocycles. The molecule has 0 spiro atoms. The summed E-state index contributed by atoms with van der Waals surface area (Å²) in [5.41, 5.74) is 0. The maximum atomic E-state index is 9.67. The normalized spacial score (nSPS) is 11.3. The summed E-state index contributed by atoms with van der Waals surface area (Å²) in [5, 5.41) is 7.78. The molecule has 0 aliphatic rings. The molecule has 0 saturated heterocycles. The molecule has 0 rings (SSSR count). The minimum absolute atomic E-state index is 0.529. The first-order chi connectivity index (χ1) is 2.77. The second-order valence-electron chi connectivity index (χ2n) is 0.496. The zero-order chi connectivity index (χ0) is 4.99. The van der Waals surface area contributed by atoms with Crippen LogP contribution in [0, 0.1) is 0 Å². The van der Waals surface area contributed by atoms with E-state index in [-0.39, 0.29) is 0 Å². The number of aliphatic hydroxyl groups is 1. The van der Waals surface area contributed by atoms with Crippen molar-refractivity contribution in [2.24, 2.45) is 0 Å². The van der Waals surface area contributed by atoms with Gasteiger partial charge in [-0.05, 0) is 4.57 Å². The van der Waals surface area contributed by atoms with E-state index in [1.165, 1.54) is 0 Å². The van der Waals surface area contributed by atoms with Gasteiger partial charge in [0.2, 0.25) is 0 Å². The van der Waals surface area contributed by atoms with Crippen LogP contribution in [0.25, 0.3) is 0 Å². The van der Waals surface area contributed by atoms with Crippen molar-refractivity contribution in [1.29, 1.82) is 0 Å². The predicted molar refractivity (Wildman–Crippen MR) is 24.8 cm³/mol. The lowest BCUT2D eigenvalue weighted by Crippen LogP contribution is -1.75. The van der Waals surface area contributed by atoms with Gasteiger partial charge in [-0.2, -0.15) is 0 Å². The molecule has 3 nitrogen and oxygen atoms in total. The lowest BCUT2D eigenvalue weighted by atomic mass is 11.6. The molecule has 36 valence electrons. The molecule has 0 aromatic rings. The molecule has 0 heterocycles. The first-order valence-corrected chi connectivity index (χ1v) is 3.50. The van der Waals surface area contributed by atoms with Gasteiger partial charge in [0, 0.05) is 0 Å². The van der Waals surface area contributed by atoms with E-state index in [2.05, 4.69) is 16.8 Å². The fraction of sp³-hybridized carbons (Fsp3) is 1.00. The zero-order valence-electron chi connectivity index (χ0n) is 2.87. The fourth-order valence-corrected chi connectivity index (χ4v) is 0.303. The highest BCUT2D eigenvalue weighted by Gasteiger charge is 2.04. The Balaban J connectivity index is 2.83. The highest BCUT2D eigenvalue weighted by molar-refractivity contribution is 8.39. The maximum absolute atomic E-state index is 9.67. The van der Waals surface area contributed by atoms with Crippen LogP contribution in [0.3, 0.4) is 0 Å². The molecule has 1 atom stereocenters. The largest absolute Gasteiger partial charge is 0.584 e. The van der Waals surface area contributed by atoms with Crippen molar-refractivity contribution in [3.8, 4) is 0 Å². The van der Waals surface area contributed by atoms with E-state index in [0.29, 0.717) is 0 Å². The molecule has 6 heavy (non-hydrogen) atoms. The molecule has 1 unspecified atom stereocenters. The second kappa shape index (κ2) is 3.56. The summed E-state index contributed by atoms with van der Waals surface area (Å²) in [5.74, 6) is 0. The monoisotopic (exact) mass is 127 g/mol. The molecule has 5 heteroatoms. The summed E-state index contributed by atoms with van der Waals surface area (Å²) in [4.78, 5) is 0.